The maximum Gasteiger partial charge on any atom is 0.315 e. The van der Waals surface area contributed by atoms with Crippen LogP contribution in [-0.2, 0) is 6.54 Å². The molecule has 0 bridgehead atoms. The fourth-order valence-corrected chi connectivity index (χ4v) is 3.25. The summed E-state index contributed by atoms with van der Waals surface area (Å²) in [7, 11) is 3.19. The van der Waals surface area contributed by atoms with Gasteiger partial charge in [-0.15, -0.1) is 0 Å². The normalized spacial score (nSPS) is 15.4. The third-order valence-electron chi connectivity index (χ3n) is 4.18. The van der Waals surface area contributed by atoms with Gasteiger partial charge in [-0.2, -0.15) is 0 Å². The van der Waals surface area contributed by atoms with E-state index in [4.69, 9.17) is 14.2 Å². The Morgan fingerprint density at radius 3 is 2.62 bits per heavy atom. The van der Waals surface area contributed by atoms with Gasteiger partial charge >= 0.3 is 6.03 Å². The van der Waals surface area contributed by atoms with Crippen LogP contribution in [0.15, 0.2) is 40.9 Å². The average molecular weight is 421 g/mol. The molecule has 1 aliphatic heterocycles. The standard InChI is InChI=1S/C19H21BrN2O4/c1-24-14-7-12(8-15(10-14)25-2)11-21-19(23)22-17-5-6-26-18-4-3-13(20)9-16(17)18/h3-4,7-10,17H,5-6,11H2,1-2H3,(H2,21,22,23). The van der Waals surface area contributed by atoms with Crippen molar-refractivity contribution in [2.45, 2.75) is 19.0 Å². The number of methoxy groups -OCH3 is 2. The van der Waals surface area contributed by atoms with Gasteiger partial charge in [0, 0.05) is 29.1 Å². The molecule has 0 saturated carbocycles. The maximum atomic E-state index is 12.4. The minimum atomic E-state index is -0.232. The summed E-state index contributed by atoms with van der Waals surface area (Å²) in [5.41, 5.74) is 1.87. The molecule has 1 aliphatic rings. The number of hydrogen-bond donors (Lipinski definition) is 2. The van der Waals surface area contributed by atoms with Gasteiger partial charge in [0.25, 0.3) is 0 Å². The molecule has 2 amide bonds. The van der Waals surface area contributed by atoms with Gasteiger partial charge in [-0.05, 0) is 35.9 Å². The molecule has 2 aromatic rings. The first kappa shape index (κ1) is 18.4. The molecule has 0 aliphatic carbocycles. The number of amides is 2. The zero-order valence-corrected chi connectivity index (χ0v) is 16.3. The van der Waals surface area contributed by atoms with Crippen LogP contribution in [0, 0.1) is 0 Å². The fourth-order valence-electron chi connectivity index (χ4n) is 2.88. The highest BCUT2D eigenvalue weighted by Gasteiger charge is 2.23. The van der Waals surface area contributed by atoms with E-state index < -0.39 is 0 Å². The summed E-state index contributed by atoms with van der Waals surface area (Å²) in [5, 5.41) is 5.90. The van der Waals surface area contributed by atoms with E-state index in [-0.39, 0.29) is 12.1 Å². The topological polar surface area (TPSA) is 68.8 Å². The summed E-state index contributed by atoms with van der Waals surface area (Å²) in [6.45, 7) is 0.945. The van der Waals surface area contributed by atoms with Crippen LogP contribution >= 0.6 is 15.9 Å². The predicted octanol–water partition coefficient (Wildman–Crippen LogP) is 3.79. The number of nitrogens with one attached hydrogen (secondary N) is 2. The molecular weight excluding hydrogens is 400 g/mol. The van der Waals surface area contributed by atoms with Crippen molar-refractivity contribution in [3.05, 3.63) is 52.0 Å². The number of carbonyl (C=O) groups excluding carboxylic acids is 1. The summed E-state index contributed by atoms with van der Waals surface area (Å²) in [6.07, 6.45) is 0.726. The van der Waals surface area contributed by atoms with E-state index in [1.165, 1.54) is 0 Å². The third-order valence-corrected chi connectivity index (χ3v) is 4.67. The Kier molecular flexibility index (Phi) is 5.88. The van der Waals surface area contributed by atoms with Crippen molar-refractivity contribution in [1.29, 1.82) is 0 Å². The molecule has 2 aromatic carbocycles. The highest BCUT2D eigenvalue weighted by Crippen LogP contribution is 2.34. The second kappa shape index (κ2) is 8.31. The highest BCUT2D eigenvalue weighted by molar-refractivity contribution is 9.10. The van der Waals surface area contributed by atoms with Crippen LogP contribution < -0.4 is 24.8 Å². The Morgan fingerprint density at radius 2 is 1.92 bits per heavy atom. The molecule has 1 atom stereocenters. The number of urea groups is 1. The van der Waals surface area contributed by atoms with Crippen LogP contribution in [0.1, 0.15) is 23.6 Å². The highest BCUT2D eigenvalue weighted by atomic mass is 79.9. The second-order valence-corrected chi connectivity index (χ2v) is 6.84. The van der Waals surface area contributed by atoms with E-state index in [2.05, 4.69) is 26.6 Å². The van der Waals surface area contributed by atoms with Crippen LogP contribution in [0.5, 0.6) is 17.2 Å². The van der Waals surface area contributed by atoms with Crippen molar-refractivity contribution >= 4 is 22.0 Å². The SMILES string of the molecule is COc1cc(CNC(=O)NC2CCOc3ccc(Br)cc32)cc(OC)c1. The number of rotatable bonds is 5. The van der Waals surface area contributed by atoms with Crippen molar-refractivity contribution in [2.24, 2.45) is 0 Å². The van der Waals surface area contributed by atoms with Crippen molar-refractivity contribution in [2.75, 3.05) is 20.8 Å². The zero-order valence-electron chi connectivity index (χ0n) is 14.7. The Morgan fingerprint density at radius 1 is 1.19 bits per heavy atom. The lowest BCUT2D eigenvalue weighted by molar-refractivity contribution is 0.223. The van der Waals surface area contributed by atoms with Crippen molar-refractivity contribution in [1.82, 2.24) is 10.6 Å². The Labute approximate surface area is 161 Å². The van der Waals surface area contributed by atoms with E-state index in [0.717, 1.165) is 27.8 Å². The van der Waals surface area contributed by atoms with Crippen LogP contribution in [0.3, 0.4) is 0 Å². The van der Waals surface area contributed by atoms with Crippen LogP contribution in [0.4, 0.5) is 4.79 Å². The fraction of sp³-hybridized carbons (Fsp3) is 0.316. The molecule has 0 aromatic heterocycles. The molecular formula is C19H21BrN2O4. The van der Waals surface area contributed by atoms with Crippen LogP contribution in [-0.4, -0.2) is 26.9 Å². The first-order valence-corrected chi connectivity index (χ1v) is 9.07. The first-order valence-electron chi connectivity index (χ1n) is 8.27. The van der Waals surface area contributed by atoms with Crippen molar-refractivity contribution < 1.29 is 19.0 Å². The lowest BCUT2D eigenvalue weighted by Crippen LogP contribution is -2.39. The van der Waals surface area contributed by atoms with E-state index in [1.807, 2.05) is 30.3 Å². The van der Waals surface area contributed by atoms with Crippen LogP contribution in [0.2, 0.25) is 0 Å². The predicted molar refractivity (Wildman–Crippen MR) is 102 cm³/mol. The summed E-state index contributed by atoms with van der Waals surface area (Å²) in [5.74, 6) is 2.18. The van der Waals surface area contributed by atoms with Crippen molar-refractivity contribution in [3.63, 3.8) is 0 Å². The second-order valence-electron chi connectivity index (χ2n) is 5.92. The molecule has 7 heteroatoms. The van der Waals surface area contributed by atoms with E-state index in [1.54, 1.807) is 20.3 Å². The molecule has 3 rings (SSSR count). The van der Waals surface area contributed by atoms with Gasteiger partial charge in [-0.3, -0.25) is 0 Å². The number of hydrogen-bond acceptors (Lipinski definition) is 4. The number of halogens is 1. The molecule has 1 heterocycles. The molecule has 2 N–H and O–H groups in total. The largest absolute Gasteiger partial charge is 0.497 e. The van der Waals surface area contributed by atoms with E-state index in [0.29, 0.717) is 24.7 Å². The molecule has 0 radical (unpaired) electrons. The van der Waals surface area contributed by atoms with Gasteiger partial charge in [0.15, 0.2) is 0 Å². The van der Waals surface area contributed by atoms with Gasteiger partial charge in [0.05, 0.1) is 26.9 Å². The summed E-state index contributed by atoms with van der Waals surface area (Å²) in [4.78, 5) is 12.4. The molecule has 26 heavy (non-hydrogen) atoms. The monoisotopic (exact) mass is 420 g/mol. The third kappa shape index (κ3) is 4.40. The van der Waals surface area contributed by atoms with E-state index >= 15 is 0 Å². The molecule has 0 spiro atoms. The molecule has 6 nitrogen and oxygen atoms in total. The molecule has 138 valence electrons. The number of benzene rings is 2. The average Bonchev–Trinajstić information content (AvgIpc) is 2.66. The number of fused-ring (bicyclic) bond motifs is 1. The number of ether oxygens (including phenoxy) is 3. The molecule has 1 unspecified atom stereocenters. The lowest BCUT2D eigenvalue weighted by Gasteiger charge is -2.27. The summed E-state index contributed by atoms with van der Waals surface area (Å²) < 4.78 is 17.1. The minimum Gasteiger partial charge on any atom is -0.497 e. The Balaban J connectivity index is 1.63. The van der Waals surface area contributed by atoms with E-state index in [9.17, 15) is 4.79 Å². The minimum absolute atomic E-state index is 0.0869. The Hall–Kier alpha value is -2.41. The Bertz CT molecular complexity index is 775. The zero-order chi connectivity index (χ0) is 18.5. The van der Waals surface area contributed by atoms with Gasteiger partial charge < -0.3 is 24.8 Å². The van der Waals surface area contributed by atoms with Crippen LogP contribution in [0.25, 0.3) is 0 Å². The first-order chi connectivity index (χ1) is 12.6. The van der Waals surface area contributed by atoms with Gasteiger partial charge in [-0.25, -0.2) is 4.79 Å². The van der Waals surface area contributed by atoms with Gasteiger partial charge in [0.2, 0.25) is 0 Å². The summed E-state index contributed by atoms with van der Waals surface area (Å²) in [6, 6.07) is 11.0. The number of carbonyl (C=O) groups is 1. The van der Waals surface area contributed by atoms with Crippen molar-refractivity contribution in [3.8, 4) is 17.2 Å². The lowest BCUT2D eigenvalue weighted by atomic mass is 10.0. The molecule has 0 saturated heterocycles. The summed E-state index contributed by atoms with van der Waals surface area (Å²) >= 11 is 3.46. The maximum absolute atomic E-state index is 12.4. The quantitative estimate of drug-likeness (QED) is 0.771. The molecule has 0 fully saturated rings. The van der Waals surface area contributed by atoms with Gasteiger partial charge in [-0.1, -0.05) is 15.9 Å². The smallest absolute Gasteiger partial charge is 0.315 e. The van der Waals surface area contributed by atoms with Gasteiger partial charge in [0.1, 0.15) is 17.2 Å².